The van der Waals surface area contributed by atoms with Crippen LogP contribution in [0.4, 0.5) is 5.69 Å². The first-order valence-corrected chi connectivity index (χ1v) is 7.32. The fourth-order valence-corrected chi connectivity index (χ4v) is 2.88. The minimum absolute atomic E-state index is 0.279. The molecule has 0 saturated heterocycles. The van der Waals surface area contributed by atoms with Crippen molar-refractivity contribution in [3.8, 4) is 11.5 Å². The molecule has 2 rings (SSSR count). The second kappa shape index (κ2) is 7.15. The monoisotopic (exact) mass is 307 g/mol. The molecule has 6 nitrogen and oxygen atoms in total. The number of nitrogens with one attached hydrogen (secondary N) is 1. The van der Waals surface area contributed by atoms with Crippen LogP contribution in [-0.2, 0) is 9.59 Å². The number of rotatable bonds is 5. The number of anilines is 1. The van der Waals surface area contributed by atoms with Crippen molar-refractivity contribution < 1.29 is 24.2 Å². The molecule has 0 aliphatic heterocycles. The van der Waals surface area contributed by atoms with Gasteiger partial charge in [0.25, 0.3) is 0 Å². The number of carboxylic acid groups (broad SMARTS) is 1. The van der Waals surface area contributed by atoms with Crippen LogP contribution in [0.15, 0.2) is 18.2 Å². The van der Waals surface area contributed by atoms with Crippen molar-refractivity contribution in [1.82, 2.24) is 0 Å². The lowest BCUT2D eigenvalue weighted by atomic mass is 9.78. The molecule has 0 aromatic heterocycles. The third-order valence-corrected chi connectivity index (χ3v) is 4.08. The Labute approximate surface area is 129 Å². The van der Waals surface area contributed by atoms with E-state index in [4.69, 9.17) is 9.47 Å². The Morgan fingerprint density at radius 2 is 1.82 bits per heavy atom. The predicted octanol–water partition coefficient (Wildman–Crippen LogP) is 2.53. The molecule has 6 heteroatoms. The average Bonchev–Trinajstić information content (AvgIpc) is 2.54. The molecule has 2 N–H and O–H groups in total. The maximum Gasteiger partial charge on any atom is 0.307 e. The number of hydrogen-bond acceptors (Lipinski definition) is 4. The Bertz CT molecular complexity index is 557. The van der Waals surface area contributed by atoms with Gasteiger partial charge in [-0.1, -0.05) is 12.8 Å². The van der Waals surface area contributed by atoms with Gasteiger partial charge in [0.05, 0.1) is 31.7 Å². The van der Waals surface area contributed by atoms with Crippen molar-refractivity contribution in [3.63, 3.8) is 0 Å². The van der Waals surface area contributed by atoms with E-state index >= 15 is 0 Å². The molecule has 0 heterocycles. The van der Waals surface area contributed by atoms with Crippen molar-refractivity contribution >= 4 is 17.6 Å². The van der Waals surface area contributed by atoms with Crippen LogP contribution in [0, 0.1) is 11.8 Å². The van der Waals surface area contributed by atoms with Crippen LogP contribution >= 0.6 is 0 Å². The summed E-state index contributed by atoms with van der Waals surface area (Å²) in [7, 11) is 3.05. The van der Waals surface area contributed by atoms with E-state index in [0.717, 1.165) is 12.8 Å². The number of hydrogen-bond donors (Lipinski definition) is 2. The van der Waals surface area contributed by atoms with E-state index in [1.807, 2.05) is 0 Å². The van der Waals surface area contributed by atoms with Gasteiger partial charge >= 0.3 is 5.97 Å². The number of methoxy groups -OCH3 is 2. The third-order valence-electron chi connectivity index (χ3n) is 4.08. The Balaban J connectivity index is 2.18. The Kier molecular flexibility index (Phi) is 5.25. The van der Waals surface area contributed by atoms with Crippen molar-refractivity contribution in [1.29, 1.82) is 0 Å². The number of benzene rings is 1. The van der Waals surface area contributed by atoms with E-state index in [1.165, 1.54) is 14.2 Å². The lowest BCUT2D eigenvalue weighted by molar-refractivity contribution is -0.147. The van der Waals surface area contributed by atoms with Gasteiger partial charge in [0, 0.05) is 6.07 Å². The van der Waals surface area contributed by atoms with Gasteiger partial charge in [-0.25, -0.2) is 0 Å². The van der Waals surface area contributed by atoms with E-state index in [2.05, 4.69) is 5.32 Å². The molecule has 0 bridgehead atoms. The number of ether oxygens (including phenoxy) is 2. The first kappa shape index (κ1) is 16.1. The molecule has 1 aromatic rings. The van der Waals surface area contributed by atoms with Gasteiger partial charge in [0.15, 0.2) is 0 Å². The Morgan fingerprint density at radius 3 is 2.41 bits per heavy atom. The molecule has 0 spiro atoms. The average molecular weight is 307 g/mol. The Hall–Kier alpha value is -2.24. The summed E-state index contributed by atoms with van der Waals surface area (Å²) < 4.78 is 10.4. The first-order valence-electron chi connectivity index (χ1n) is 7.32. The van der Waals surface area contributed by atoms with Crippen LogP contribution in [0.2, 0.25) is 0 Å². The molecule has 22 heavy (non-hydrogen) atoms. The van der Waals surface area contributed by atoms with Crippen molar-refractivity contribution in [2.45, 2.75) is 25.7 Å². The van der Waals surface area contributed by atoms with Gasteiger partial charge < -0.3 is 19.9 Å². The highest BCUT2D eigenvalue weighted by molar-refractivity contribution is 5.96. The fourth-order valence-electron chi connectivity index (χ4n) is 2.88. The number of carboxylic acids is 1. The summed E-state index contributed by atoms with van der Waals surface area (Å²) in [4.78, 5) is 23.8. The number of carbonyl (C=O) groups is 2. The summed E-state index contributed by atoms with van der Waals surface area (Å²) >= 11 is 0. The number of amides is 1. The lowest BCUT2D eigenvalue weighted by Gasteiger charge is -2.27. The van der Waals surface area contributed by atoms with Crippen molar-refractivity contribution in [2.24, 2.45) is 11.8 Å². The third kappa shape index (κ3) is 3.50. The highest BCUT2D eigenvalue weighted by Crippen LogP contribution is 2.34. The van der Waals surface area contributed by atoms with Crippen LogP contribution in [0.1, 0.15) is 25.7 Å². The van der Waals surface area contributed by atoms with E-state index in [-0.39, 0.29) is 5.91 Å². The zero-order valence-electron chi connectivity index (χ0n) is 12.8. The molecule has 1 aliphatic carbocycles. The van der Waals surface area contributed by atoms with Gasteiger partial charge in [0.2, 0.25) is 5.91 Å². The lowest BCUT2D eigenvalue weighted by Crippen LogP contribution is -2.36. The molecule has 0 radical (unpaired) electrons. The van der Waals surface area contributed by atoms with E-state index < -0.39 is 17.8 Å². The summed E-state index contributed by atoms with van der Waals surface area (Å²) in [5.74, 6) is -1.21. The zero-order chi connectivity index (χ0) is 16.1. The fraction of sp³-hybridized carbons (Fsp3) is 0.500. The SMILES string of the molecule is COc1ccc(OC)c(NC(=O)[C@H]2CCCC[C@@H]2C(=O)O)c1. The maximum atomic E-state index is 12.5. The summed E-state index contributed by atoms with van der Waals surface area (Å²) in [6.07, 6.45) is 2.86. The number of aliphatic carboxylic acids is 1. The largest absolute Gasteiger partial charge is 0.497 e. The topological polar surface area (TPSA) is 84.9 Å². The quantitative estimate of drug-likeness (QED) is 0.873. The van der Waals surface area contributed by atoms with E-state index in [9.17, 15) is 14.7 Å². The molecule has 1 amide bonds. The molecule has 0 unspecified atom stereocenters. The predicted molar refractivity (Wildman–Crippen MR) is 81.3 cm³/mol. The minimum atomic E-state index is -0.905. The van der Waals surface area contributed by atoms with Gasteiger partial charge in [0.1, 0.15) is 11.5 Å². The van der Waals surface area contributed by atoms with Crippen molar-refractivity contribution in [3.05, 3.63) is 18.2 Å². The van der Waals surface area contributed by atoms with Crippen LogP contribution in [0.5, 0.6) is 11.5 Å². The second-order valence-corrected chi connectivity index (χ2v) is 5.39. The molecule has 1 aliphatic rings. The summed E-state index contributed by atoms with van der Waals surface area (Å²) in [6, 6.07) is 5.09. The van der Waals surface area contributed by atoms with Crippen LogP contribution in [0.3, 0.4) is 0 Å². The standard InChI is InChI=1S/C16H21NO5/c1-21-10-7-8-14(22-2)13(9-10)17-15(18)11-5-3-4-6-12(11)16(19)20/h7-9,11-12H,3-6H2,1-2H3,(H,17,18)(H,19,20)/t11-,12-/m0/s1. The second-order valence-electron chi connectivity index (χ2n) is 5.39. The minimum Gasteiger partial charge on any atom is -0.497 e. The molecule has 1 aromatic carbocycles. The number of carbonyl (C=O) groups excluding carboxylic acids is 1. The van der Waals surface area contributed by atoms with Gasteiger partial charge in [-0.15, -0.1) is 0 Å². The van der Waals surface area contributed by atoms with Gasteiger partial charge in [-0.3, -0.25) is 9.59 Å². The maximum absolute atomic E-state index is 12.5. The molecule has 1 fully saturated rings. The summed E-state index contributed by atoms with van der Waals surface area (Å²) in [5, 5.41) is 12.1. The highest BCUT2D eigenvalue weighted by Gasteiger charge is 2.35. The molecular weight excluding hydrogens is 286 g/mol. The summed E-state index contributed by atoms with van der Waals surface area (Å²) in [6.45, 7) is 0. The zero-order valence-corrected chi connectivity index (χ0v) is 12.8. The smallest absolute Gasteiger partial charge is 0.307 e. The van der Waals surface area contributed by atoms with Crippen molar-refractivity contribution in [2.75, 3.05) is 19.5 Å². The van der Waals surface area contributed by atoms with E-state index in [0.29, 0.717) is 30.0 Å². The summed E-state index contributed by atoms with van der Waals surface area (Å²) in [5.41, 5.74) is 0.488. The molecular formula is C16H21NO5. The molecule has 2 atom stereocenters. The molecule has 1 saturated carbocycles. The van der Waals surface area contributed by atoms with E-state index in [1.54, 1.807) is 18.2 Å². The Morgan fingerprint density at radius 1 is 1.14 bits per heavy atom. The first-order chi connectivity index (χ1) is 10.6. The normalized spacial score (nSPS) is 21.0. The van der Waals surface area contributed by atoms with Crippen LogP contribution in [-0.4, -0.2) is 31.2 Å². The van der Waals surface area contributed by atoms with Gasteiger partial charge in [-0.2, -0.15) is 0 Å². The highest BCUT2D eigenvalue weighted by atomic mass is 16.5. The molecule has 120 valence electrons. The van der Waals surface area contributed by atoms with Crippen LogP contribution in [0.25, 0.3) is 0 Å². The van der Waals surface area contributed by atoms with Gasteiger partial charge in [-0.05, 0) is 25.0 Å². The van der Waals surface area contributed by atoms with Crippen LogP contribution < -0.4 is 14.8 Å².